The van der Waals surface area contributed by atoms with E-state index in [1.54, 1.807) is 24.3 Å². The zero-order chi connectivity index (χ0) is 17.0. The van der Waals surface area contributed by atoms with Gasteiger partial charge in [-0.15, -0.1) is 0 Å². The van der Waals surface area contributed by atoms with E-state index in [1.165, 1.54) is 6.08 Å². The summed E-state index contributed by atoms with van der Waals surface area (Å²) in [6, 6.07) is 11.0. The highest BCUT2D eigenvalue weighted by Crippen LogP contribution is 2.28. The SMILES string of the molecule is Cc1ccc(C(C)C)c(OC(=O)/C=C/c2ccc(Cl)cc2Cl)c1. The molecule has 0 saturated carbocycles. The number of aryl methyl sites for hydroxylation is 1. The molecule has 0 radical (unpaired) electrons. The topological polar surface area (TPSA) is 26.3 Å². The highest BCUT2D eigenvalue weighted by Gasteiger charge is 2.11. The Bertz CT molecular complexity index is 749. The Morgan fingerprint density at radius 1 is 1.13 bits per heavy atom. The first kappa shape index (κ1) is 17.6. The van der Waals surface area contributed by atoms with E-state index in [2.05, 4.69) is 13.8 Å². The third kappa shape index (κ3) is 4.85. The highest BCUT2D eigenvalue weighted by atomic mass is 35.5. The summed E-state index contributed by atoms with van der Waals surface area (Å²) in [4.78, 5) is 12.1. The largest absolute Gasteiger partial charge is 0.423 e. The van der Waals surface area contributed by atoms with Crippen LogP contribution in [0, 0.1) is 6.92 Å². The van der Waals surface area contributed by atoms with Crippen LogP contribution in [0.5, 0.6) is 5.75 Å². The summed E-state index contributed by atoms with van der Waals surface area (Å²) in [6.45, 7) is 6.08. The van der Waals surface area contributed by atoms with E-state index in [1.807, 2.05) is 25.1 Å². The average Bonchev–Trinajstić information content (AvgIpc) is 2.46. The van der Waals surface area contributed by atoms with Crippen molar-refractivity contribution in [3.63, 3.8) is 0 Å². The number of ether oxygens (including phenoxy) is 1. The molecule has 2 aromatic carbocycles. The molecule has 2 rings (SSSR count). The second-order valence-corrected chi connectivity index (χ2v) is 6.46. The standard InChI is InChI=1S/C19H18Cl2O2/c1-12(2)16-8-4-13(3)10-18(16)23-19(22)9-6-14-5-7-15(20)11-17(14)21/h4-12H,1-3H3/b9-6+. The molecule has 120 valence electrons. The molecule has 0 spiro atoms. The second-order valence-electron chi connectivity index (χ2n) is 5.62. The highest BCUT2D eigenvalue weighted by molar-refractivity contribution is 6.35. The van der Waals surface area contributed by atoms with Crippen molar-refractivity contribution >= 4 is 35.2 Å². The minimum Gasteiger partial charge on any atom is -0.423 e. The molecule has 0 N–H and O–H groups in total. The van der Waals surface area contributed by atoms with Crippen LogP contribution in [0.25, 0.3) is 6.08 Å². The van der Waals surface area contributed by atoms with Crippen LogP contribution in [0.15, 0.2) is 42.5 Å². The van der Waals surface area contributed by atoms with Crippen LogP contribution in [0.4, 0.5) is 0 Å². The minimum absolute atomic E-state index is 0.271. The molecule has 2 nitrogen and oxygen atoms in total. The van der Waals surface area contributed by atoms with E-state index in [9.17, 15) is 4.79 Å². The van der Waals surface area contributed by atoms with Gasteiger partial charge in [0.05, 0.1) is 0 Å². The molecule has 0 amide bonds. The zero-order valence-corrected chi connectivity index (χ0v) is 14.8. The van der Waals surface area contributed by atoms with Gasteiger partial charge in [0.15, 0.2) is 0 Å². The molecule has 0 aliphatic heterocycles. The third-order valence-corrected chi connectivity index (χ3v) is 3.93. The first-order valence-electron chi connectivity index (χ1n) is 7.32. The smallest absolute Gasteiger partial charge is 0.336 e. The van der Waals surface area contributed by atoms with Crippen molar-refractivity contribution in [1.29, 1.82) is 0 Å². The Morgan fingerprint density at radius 3 is 2.52 bits per heavy atom. The first-order chi connectivity index (χ1) is 10.9. The van der Waals surface area contributed by atoms with E-state index < -0.39 is 5.97 Å². The number of halogens is 2. The maximum atomic E-state index is 12.1. The average molecular weight is 349 g/mol. The van der Waals surface area contributed by atoms with Crippen LogP contribution in [-0.4, -0.2) is 5.97 Å². The summed E-state index contributed by atoms with van der Waals surface area (Å²) in [6.07, 6.45) is 2.98. The van der Waals surface area contributed by atoms with Crippen LogP contribution in [-0.2, 0) is 4.79 Å². The lowest BCUT2D eigenvalue weighted by atomic mass is 10.0. The fourth-order valence-corrected chi connectivity index (χ4v) is 2.62. The van der Waals surface area contributed by atoms with Gasteiger partial charge in [0.1, 0.15) is 5.75 Å². The van der Waals surface area contributed by atoms with E-state index in [4.69, 9.17) is 27.9 Å². The summed E-state index contributed by atoms with van der Waals surface area (Å²) in [5.74, 6) is 0.424. The van der Waals surface area contributed by atoms with E-state index in [0.717, 1.165) is 11.1 Å². The van der Waals surface area contributed by atoms with Gasteiger partial charge >= 0.3 is 5.97 Å². The molecule has 4 heteroatoms. The van der Waals surface area contributed by atoms with Gasteiger partial charge in [-0.3, -0.25) is 0 Å². The lowest BCUT2D eigenvalue weighted by Crippen LogP contribution is -2.06. The summed E-state index contributed by atoms with van der Waals surface area (Å²) in [7, 11) is 0. The number of carbonyl (C=O) groups is 1. The van der Waals surface area contributed by atoms with Crippen molar-refractivity contribution in [2.75, 3.05) is 0 Å². The van der Waals surface area contributed by atoms with Crippen molar-refractivity contribution in [1.82, 2.24) is 0 Å². The number of benzene rings is 2. The molecule has 0 heterocycles. The predicted octanol–water partition coefficient (Wildman–Crippen LogP) is 6.04. The Labute approximate surface area is 146 Å². The molecule has 0 unspecified atom stereocenters. The van der Waals surface area contributed by atoms with Gasteiger partial charge in [-0.1, -0.05) is 55.2 Å². The molecule has 23 heavy (non-hydrogen) atoms. The van der Waals surface area contributed by atoms with Gasteiger partial charge in [0, 0.05) is 16.1 Å². The number of hydrogen-bond acceptors (Lipinski definition) is 2. The van der Waals surface area contributed by atoms with Crippen molar-refractivity contribution in [2.24, 2.45) is 0 Å². The van der Waals surface area contributed by atoms with Crippen LogP contribution in [0.3, 0.4) is 0 Å². The Kier molecular flexibility index (Phi) is 5.86. The maximum Gasteiger partial charge on any atom is 0.336 e. The van der Waals surface area contributed by atoms with Crippen LogP contribution >= 0.6 is 23.2 Å². The van der Waals surface area contributed by atoms with Crippen LogP contribution < -0.4 is 4.74 Å². The molecule has 0 bridgehead atoms. The van der Waals surface area contributed by atoms with E-state index in [-0.39, 0.29) is 5.92 Å². The van der Waals surface area contributed by atoms with Gasteiger partial charge in [-0.2, -0.15) is 0 Å². The van der Waals surface area contributed by atoms with E-state index >= 15 is 0 Å². The normalized spacial score (nSPS) is 11.2. The molecule has 0 aliphatic carbocycles. The van der Waals surface area contributed by atoms with Gasteiger partial charge < -0.3 is 4.74 Å². The second kappa shape index (κ2) is 7.67. The summed E-state index contributed by atoms with van der Waals surface area (Å²) in [5.41, 5.74) is 2.75. The quantitative estimate of drug-likeness (QED) is 0.382. The summed E-state index contributed by atoms with van der Waals surface area (Å²) < 4.78 is 5.48. The maximum absolute atomic E-state index is 12.1. The summed E-state index contributed by atoms with van der Waals surface area (Å²) >= 11 is 11.9. The zero-order valence-electron chi connectivity index (χ0n) is 13.3. The molecular weight excluding hydrogens is 331 g/mol. The van der Waals surface area contributed by atoms with Gasteiger partial charge in [0.25, 0.3) is 0 Å². The molecular formula is C19H18Cl2O2. The number of hydrogen-bond donors (Lipinski definition) is 0. The fraction of sp³-hybridized carbons (Fsp3) is 0.211. The molecule has 0 aromatic heterocycles. The van der Waals surface area contributed by atoms with Crippen molar-refractivity contribution in [3.05, 3.63) is 69.2 Å². The molecule has 0 fully saturated rings. The molecule has 0 aliphatic rings. The predicted molar refractivity (Wildman–Crippen MR) is 96.4 cm³/mol. The van der Waals surface area contributed by atoms with Gasteiger partial charge in [0.2, 0.25) is 0 Å². The lowest BCUT2D eigenvalue weighted by Gasteiger charge is -2.12. The van der Waals surface area contributed by atoms with Crippen molar-refractivity contribution < 1.29 is 9.53 Å². The Morgan fingerprint density at radius 2 is 1.87 bits per heavy atom. The molecule has 0 saturated heterocycles. The van der Waals surface area contributed by atoms with E-state index in [0.29, 0.717) is 21.4 Å². The number of rotatable bonds is 4. The lowest BCUT2D eigenvalue weighted by molar-refractivity contribution is -0.128. The monoisotopic (exact) mass is 348 g/mol. The minimum atomic E-state index is -0.441. The van der Waals surface area contributed by atoms with Gasteiger partial charge in [-0.25, -0.2) is 4.79 Å². The number of carbonyl (C=O) groups excluding carboxylic acids is 1. The summed E-state index contributed by atoms with van der Waals surface area (Å²) in [5, 5.41) is 1.04. The Hall–Kier alpha value is -1.77. The van der Waals surface area contributed by atoms with Gasteiger partial charge in [-0.05, 0) is 53.8 Å². The fourth-order valence-electron chi connectivity index (χ4n) is 2.14. The van der Waals surface area contributed by atoms with Crippen molar-refractivity contribution in [3.8, 4) is 5.75 Å². The molecule has 2 aromatic rings. The van der Waals surface area contributed by atoms with Crippen LogP contribution in [0.2, 0.25) is 10.0 Å². The van der Waals surface area contributed by atoms with Crippen LogP contribution in [0.1, 0.15) is 36.5 Å². The Balaban J connectivity index is 2.16. The first-order valence-corrected chi connectivity index (χ1v) is 8.08. The molecule has 0 atom stereocenters. The third-order valence-electron chi connectivity index (χ3n) is 3.36. The van der Waals surface area contributed by atoms with Crippen molar-refractivity contribution in [2.45, 2.75) is 26.7 Å². The number of esters is 1.